The Bertz CT molecular complexity index is 803. The highest BCUT2D eigenvalue weighted by Gasteiger charge is 2.24. The number of hydrogen-bond acceptors (Lipinski definition) is 5. The van der Waals surface area contributed by atoms with Gasteiger partial charge in [0.1, 0.15) is 5.01 Å². The average Bonchev–Trinajstić information content (AvgIpc) is 3.13. The van der Waals surface area contributed by atoms with Crippen molar-refractivity contribution in [1.82, 2.24) is 19.8 Å². The van der Waals surface area contributed by atoms with Gasteiger partial charge in [-0.15, -0.1) is 10.2 Å². The Kier molecular flexibility index (Phi) is 3.08. The van der Waals surface area contributed by atoms with Gasteiger partial charge >= 0.3 is 0 Å². The van der Waals surface area contributed by atoms with Gasteiger partial charge in [-0.2, -0.15) is 9.61 Å². The van der Waals surface area contributed by atoms with Crippen LogP contribution in [0.4, 0.5) is 5.69 Å². The normalized spacial score (nSPS) is 16.0. The van der Waals surface area contributed by atoms with Crippen LogP contribution in [0.15, 0.2) is 18.2 Å². The van der Waals surface area contributed by atoms with Gasteiger partial charge < -0.3 is 5.73 Å². The van der Waals surface area contributed by atoms with Crippen LogP contribution in [0.2, 0.25) is 5.02 Å². The van der Waals surface area contributed by atoms with Gasteiger partial charge in [0.15, 0.2) is 5.82 Å². The smallest absolute Gasteiger partial charge is 0.234 e. The van der Waals surface area contributed by atoms with Crippen LogP contribution in [-0.2, 0) is 0 Å². The Hall–Kier alpha value is -1.66. The second kappa shape index (κ2) is 4.96. The van der Waals surface area contributed by atoms with Crippen molar-refractivity contribution in [3.8, 4) is 10.6 Å². The monoisotopic (exact) mass is 319 g/mol. The van der Waals surface area contributed by atoms with Gasteiger partial charge in [0.2, 0.25) is 4.96 Å². The van der Waals surface area contributed by atoms with Crippen molar-refractivity contribution >= 4 is 33.6 Å². The number of anilines is 1. The highest BCUT2D eigenvalue weighted by Crippen LogP contribution is 2.36. The van der Waals surface area contributed by atoms with E-state index in [1.807, 2.05) is 16.6 Å². The highest BCUT2D eigenvalue weighted by molar-refractivity contribution is 7.19. The number of halogens is 1. The number of fused-ring (bicyclic) bond motifs is 1. The number of hydrogen-bond donors (Lipinski definition) is 1. The summed E-state index contributed by atoms with van der Waals surface area (Å²) in [6.45, 7) is 0. The van der Waals surface area contributed by atoms with Gasteiger partial charge in [-0.1, -0.05) is 35.8 Å². The minimum atomic E-state index is 0.484. The molecule has 1 fully saturated rings. The molecule has 21 heavy (non-hydrogen) atoms. The summed E-state index contributed by atoms with van der Waals surface area (Å²) < 4.78 is 1.88. The fourth-order valence-corrected chi connectivity index (χ4v) is 3.98. The maximum Gasteiger partial charge on any atom is 0.234 e. The molecule has 1 aliphatic rings. The molecule has 108 valence electrons. The lowest BCUT2D eigenvalue weighted by Gasteiger charge is -2.04. The summed E-state index contributed by atoms with van der Waals surface area (Å²) >= 11 is 7.45. The van der Waals surface area contributed by atoms with E-state index < -0.39 is 0 Å². The molecule has 0 amide bonds. The minimum Gasteiger partial charge on any atom is -0.398 e. The fourth-order valence-electron chi connectivity index (χ4n) is 2.91. The first-order valence-electron chi connectivity index (χ1n) is 7.00. The molecule has 7 heteroatoms. The molecule has 0 bridgehead atoms. The molecule has 4 rings (SSSR count). The van der Waals surface area contributed by atoms with Crippen LogP contribution in [0.25, 0.3) is 15.5 Å². The lowest BCUT2D eigenvalue weighted by molar-refractivity contribution is 0.641. The van der Waals surface area contributed by atoms with Crippen molar-refractivity contribution in [3.05, 3.63) is 29.0 Å². The van der Waals surface area contributed by atoms with Gasteiger partial charge in [0, 0.05) is 22.2 Å². The van der Waals surface area contributed by atoms with Crippen molar-refractivity contribution in [2.75, 3.05) is 5.73 Å². The van der Waals surface area contributed by atoms with E-state index in [2.05, 4.69) is 15.3 Å². The van der Waals surface area contributed by atoms with E-state index in [-0.39, 0.29) is 0 Å². The Morgan fingerprint density at radius 2 is 2.05 bits per heavy atom. The second-order valence-electron chi connectivity index (χ2n) is 5.37. The Morgan fingerprint density at radius 1 is 1.24 bits per heavy atom. The lowest BCUT2D eigenvalue weighted by atomic mass is 10.1. The molecule has 1 saturated carbocycles. The molecule has 0 aliphatic heterocycles. The van der Waals surface area contributed by atoms with Crippen LogP contribution in [0.5, 0.6) is 0 Å². The van der Waals surface area contributed by atoms with Crippen LogP contribution in [-0.4, -0.2) is 19.8 Å². The molecule has 2 heterocycles. The highest BCUT2D eigenvalue weighted by atomic mass is 35.5. The zero-order chi connectivity index (χ0) is 14.4. The summed E-state index contributed by atoms with van der Waals surface area (Å²) in [6, 6.07) is 5.48. The van der Waals surface area contributed by atoms with Crippen LogP contribution in [0.1, 0.15) is 37.4 Å². The van der Waals surface area contributed by atoms with Crippen LogP contribution in [0, 0.1) is 0 Å². The minimum absolute atomic E-state index is 0.484. The van der Waals surface area contributed by atoms with Crippen molar-refractivity contribution < 1.29 is 0 Å². The number of nitrogens with two attached hydrogens (primary N) is 1. The molecule has 1 aromatic carbocycles. The predicted octanol–water partition coefficient (Wildman–Crippen LogP) is 3.75. The van der Waals surface area contributed by atoms with E-state index in [1.54, 1.807) is 6.07 Å². The summed E-state index contributed by atoms with van der Waals surface area (Å²) in [5, 5.41) is 14.7. The third-order valence-corrected chi connectivity index (χ3v) is 5.15. The van der Waals surface area contributed by atoms with E-state index in [4.69, 9.17) is 17.3 Å². The van der Waals surface area contributed by atoms with Crippen molar-refractivity contribution in [2.24, 2.45) is 0 Å². The topological polar surface area (TPSA) is 69.1 Å². The van der Waals surface area contributed by atoms with Crippen LogP contribution in [0.3, 0.4) is 0 Å². The van der Waals surface area contributed by atoms with E-state index >= 15 is 0 Å². The molecule has 0 saturated heterocycles. The van der Waals surface area contributed by atoms with Gasteiger partial charge in [0.25, 0.3) is 0 Å². The first kappa shape index (κ1) is 13.0. The standard InChI is InChI=1S/C14H14ClN5S/c15-9-5-6-10(11(16)7-9)13-19-20-12(8-3-1-2-4-8)17-18-14(20)21-13/h5-8H,1-4,16H2. The summed E-state index contributed by atoms with van der Waals surface area (Å²) in [6.07, 6.45) is 4.88. The van der Waals surface area contributed by atoms with E-state index in [0.29, 0.717) is 16.6 Å². The molecule has 0 radical (unpaired) electrons. The zero-order valence-electron chi connectivity index (χ0n) is 11.3. The summed E-state index contributed by atoms with van der Waals surface area (Å²) in [4.78, 5) is 0.821. The van der Waals surface area contributed by atoms with Crippen molar-refractivity contribution in [2.45, 2.75) is 31.6 Å². The third-order valence-electron chi connectivity index (χ3n) is 3.98. The van der Waals surface area contributed by atoms with Crippen molar-refractivity contribution in [3.63, 3.8) is 0 Å². The van der Waals surface area contributed by atoms with Gasteiger partial charge in [-0.3, -0.25) is 0 Å². The fraction of sp³-hybridized carbons (Fsp3) is 0.357. The average molecular weight is 320 g/mol. The Labute approximate surface area is 130 Å². The Balaban J connectivity index is 1.80. The molecule has 0 unspecified atom stereocenters. The second-order valence-corrected chi connectivity index (χ2v) is 6.77. The molecular formula is C14H14ClN5S. The summed E-state index contributed by atoms with van der Waals surface area (Å²) in [5.41, 5.74) is 7.57. The third kappa shape index (κ3) is 2.18. The molecule has 2 N–H and O–H groups in total. The van der Waals surface area contributed by atoms with Crippen molar-refractivity contribution in [1.29, 1.82) is 0 Å². The van der Waals surface area contributed by atoms with Gasteiger partial charge in [-0.25, -0.2) is 0 Å². The molecule has 3 aromatic rings. The predicted molar refractivity (Wildman–Crippen MR) is 84.7 cm³/mol. The number of benzene rings is 1. The molecule has 0 atom stereocenters. The SMILES string of the molecule is Nc1cc(Cl)ccc1-c1nn2c(C3CCCC3)nnc2s1. The molecule has 1 aliphatic carbocycles. The maximum absolute atomic E-state index is 6.04. The van der Waals surface area contributed by atoms with E-state index in [0.717, 1.165) is 21.4 Å². The van der Waals surface area contributed by atoms with Gasteiger partial charge in [0.05, 0.1) is 0 Å². The first-order chi connectivity index (χ1) is 10.2. The maximum atomic E-state index is 6.04. The number of nitrogens with zero attached hydrogens (tertiary/aromatic N) is 4. The first-order valence-corrected chi connectivity index (χ1v) is 8.19. The summed E-state index contributed by atoms with van der Waals surface area (Å²) in [5.74, 6) is 1.47. The number of rotatable bonds is 2. The molecule has 5 nitrogen and oxygen atoms in total. The molecule has 0 spiro atoms. The molecule has 2 aromatic heterocycles. The zero-order valence-corrected chi connectivity index (χ0v) is 12.9. The number of aromatic nitrogens is 4. The summed E-state index contributed by atoms with van der Waals surface area (Å²) in [7, 11) is 0. The largest absolute Gasteiger partial charge is 0.398 e. The van der Waals surface area contributed by atoms with E-state index in [1.165, 1.54) is 37.0 Å². The van der Waals surface area contributed by atoms with E-state index in [9.17, 15) is 0 Å². The van der Waals surface area contributed by atoms with Crippen LogP contribution >= 0.6 is 22.9 Å². The van der Waals surface area contributed by atoms with Gasteiger partial charge in [-0.05, 0) is 31.0 Å². The number of nitrogen functional groups attached to an aromatic ring is 1. The lowest BCUT2D eigenvalue weighted by Crippen LogP contribution is -2.01. The molecular weight excluding hydrogens is 306 g/mol. The van der Waals surface area contributed by atoms with Crippen LogP contribution < -0.4 is 5.73 Å². The Morgan fingerprint density at radius 3 is 2.81 bits per heavy atom. The quantitative estimate of drug-likeness (QED) is 0.730.